The van der Waals surface area contributed by atoms with Crippen LogP contribution in [0.5, 0.6) is 5.75 Å². The van der Waals surface area contributed by atoms with E-state index in [4.69, 9.17) is 4.74 Å². The first kappa shape index (κ1) is 12.5. The second-order valence-corrected chi connectivity index (χ2v) is 5.60. The number of rotatable bonds is 2. The minimum Gasteiger partial charge on any atom is -0.508 e. The van der Waals surface area contributed by atoms with Gasteiger partial charge in [-0.15, -0.1) is 0 Å². The van der Waals surface area contributed by atoms with Crippen molar-refractivity contribution in [1.29, 1.82) is 0 Å². The van der Waals surface area contributed by atoms with Gasteiger partial charge in [0.1, 0.15) is 11.9 Å². The molecule has 0 saturated carbocycles. The summed E-state index contributed by atoms with van der Waals surface area (Å²) >= 11 is 0. The van der Waals surface area contributed by atoms with E-state index in [9.17, 15) is 9.90 Å². The smallest absolute Gasteiger partial charge is 0.338 e. The van der Waals surface area contributed by atoms with E-state index in [2.05, 4.69) is 11.9 Å². The Labute approximate surface area is 113 Å². The molecule has 19 heavy (non-hydrogen) atoms. The number of hydrogen-bond acceptors (Lipinski definition) is 4. The maximum Gasteiger partial charge on any atom is 0.338 e. The summed E-state index contributed by atoms with van der Waals surface area (Å²) in [6.07, 6.45) is 4.29. The Bertz CT molecular complexity index is 474. The largest absolute Gasteiger partial charge is 0.508 e. The van der Waals surface area contributed by atoms with Gasteiger partial charge in [0.15, 0.2) is 0 Å². The minimum atomic E-state index is -0.329. The molecule has 0 amide bonds. The summed E-state index contributed by atoms with van der Waals surface area (Å²) in [6.45, 7) is 0. The number of phenolic OH excluding ortho intramolecular Hbond substituents is 1. The van der Waals surface area contributed by atoms with E-state index in [1.54, 1.807) is 18.2 Å². The molecule has 4 nitrogen and oxygen atoms in total. The van der Waals surface area contributed by atoms with E-state index >= 15 is 0 Å². The van der Waals surface area contributed by atoms with Crippen molar-refractivity contribution in [3.63, 3.8) is 0 Å². The minimum absolute atomic E-state index is 0.0172. The molecular formula is C15H19NO3. The Morgan fingerprint density at radius 3 is 2.63 bits per heavy atom. The maximum atomic E-state index is 12.0. The number of piperidine rings is 1. The molecule has 0 radical (unpaired) electrons. The monoisotopic (exact) mass is 261 g/mol. The summed E-state index contributed by atoms with van der Waals surface area (Å²) in [4.78, 5) is 14.4. The average molecular weight is 261 g/mol. The Kier molecular flexibility index (Phi) is 3.19. The van der Waals surface area contributed by atoms with Gasteiger partial charge >= 0.3 is 5.97 Å². The van der Waals surface area contributed by atoms with Gasteiger partial charge in [0, 0.05) is 24.9 Å². The lowest BCUT2D eigenvalue weighted by molar-refractivity contribution is -0.000480. The van der Waals surface area contributed by atoms with Crippen LogP contribution < -0.4 is 0 Å². The van der Waals surface area contributed by atoms with Crippen LogP contribution in [0.15, 0.2) is 24.3 Å². The Hall–Kier alpha value is -1.55. The van der Waals surface area contributed by atoms with Crippen molar-refractivity contribution in [2.75, 3.05) is 7.05 Å². The van der Waals surface area contributed by atoms with Crippen LogP contribution >= 0.6 is 0 Å². The second kappa shape index (κ2) is 4.85. The van der Waals surface area contributed by atoms with Gasteiger partial charge in [0.2, 0.25) is 0 Å². The zero-order chi connectivity index (χ0) is 13.4. The zero-order valence-electron chi connectivity index (χ0n) is 11.1. The van der Waals surface area contributed by atoms with Gasteiger partial charge in [0.05, 0.1) is 5.56 Å². The van der Waals surface area contributed by atoms with Crippen molar-refractivity contribution in [2.45, 2.75) is 43.9 Å². The van der Waals surface area contributed by atoms with Crippen LogP contribution in [-0.4, -0.2) is 41.2 Å². The fourth-order valence-electron chi connectivity index (χ4n) is 3.31. The number of phenols is 1. The van der Waals surface area contributed by atoms with Crippen LogP contribution in [-0.2, 0) is 4.74 Å². The van der Waals surface area contributed by atoms with E-state index in [1.165, 1.54) is 18.9 Å². The van der Waals surface area contributed by atoms with Crippen LogP contribution in [0.3, 0.4) is 0 Å². The molecule has 2 atom stereocenters. The lowest BCUT2D eigenvalue weighted by atomic mass is 10.0. The normalized spacial score (nSPS) is 30.3. The molecule has 1 aromatic carbocycles. The highest BCUT2D eigenvalue weighted by Gasteiger charge is 2.39. The molecule has 2 fully saturated rings. The molecule has 0 spiro atoms. The molecule has 0 aliphatic carbocycles. The summed E-state index contributed by atoms with van der Waals surface area (Å²) in [7, 11) is 2.16. The van der Waals surface area contributed by atoms with Crippen LogP contribution in [0.1, 0.15) is 36.0 Å². The molecule has 0 aromatic heterocycles. The molecule has 2 saturated heterocycles. The molecule has 2 aliphatic rings. The Morgan fingerprint density at radius 2 is 2.00 bits per heavy atom. The first-order chi connectivity index (χ1) is 9.13. The highest BCUT2D eigenvalue weighted by molar-refractivity contribution is 5.89. The molecule has 1 aromatic rings. The molecule has 4 heteroatoms. The fourth-order valence-corrected chi connectivity index (χ4v) is 3.31. The fraction of sp³-hybridized carbons (Fsp3) is 0.533. The molecule has 3 rings (SSSR count). The van der Waals surface area contributed by atoms with E-state index in [1.807, 2.05) is 0 Å². The molecule has 1 N–H and O–H groups in total. The number of fused-ring (bicyclic) bond motifs is 2. The summed E-state index contributed by atoms with van der Waals surface area (Å²) < 4.78 is 5.58. The van der Waals surface area contributed by atoms with E-state index in [0.717, 1.165) is 12.8 Å². The number of esters is 1. The van der Waals surface area contributed by atoms with Gasteiger partial charge in [-0.05, 0) is 38.1 Å². The van der Waals surface area contributed by atoms with Crippen molar-refractivity contribution >= 4 is 5.97 Å². The number of carbonyl (C=O) groups is 1. The topological polar surface area (TPSA) is 49.8 Å². The second-order valence-electron chi connectivity index (χ2n) is 5.60. The summed E-state index contributed by atoms with van der Waals surface area (Å²) in [5.41, 5.74) is 0.422. The van der Waals surface area contributed by atoms with Crippen molar-refractivity contribution in [3.8, 4) is 5.75 Å². The van der Waals surface area contributed by atoms with Crippen LogP contribution in [0.2, 0.25) is 0 Å². The summed E-state index contributed by atoms with van der Waals surface area (Å²) in [6, 6.07) is 7.44. The van der Waals surface area contributed by atoms with Crippen molar-refractivity contribution in [2.24, 2.45) is 0 Å². The Balaban J connectivity index is 1.65. The van der Waals surface area contributed by atoms with Crippen LogP contribution in [0.25, 0.3) is 0 Å². The predicted molar refractivity (Wildman–Crippen MR) is 71.1 cm³/mol. The summed E-state index contributed by atoms with van der Waals surface area (Å²) in [5, 5.41) is 9.38. The third kappa shape index (κ3) is 2.45. The number of benzene rings is 1. The number of ether oxygens (including phenoxy) is 1. The molecule has 102 valence electrons. The molecular weight excluding hydrogens is 242 g/mol. The highest BCUT2D eigenvalue weighted by Crippen LogP contribution is 2.35. The maximum absolute atomic E-state index is 12.0. The standard InChI is InChI=1S/C15H19NO3/c1-16-11-5-6-12(16)9-14(8-11)19-15(18)10-3-2-4-13(17)7-10/h2-4,7,11-12,14,17H,5-6,8-9H2,1H3/t11-,12-/m1/s1. The van der Waals surface area contributed by atoms with E-state index in [0.29, 0.717) is 17.6 Å². The highest BCUT2D eigenvalue weighted by atomic mass is 16.5. The van der Waals surface area contributed by atoms with Crippen LogP contribution in [0.4, 0.5) is 0 Å². The van der Waals surface area contributed by atoms with Crippen molar-refractivity contribution in [3.05, 3.63) is 29.8 Å². The Morgan fingerprint density at radius 1 is 1.32 bits per heavy atom. The van der Waals surface area contributed by atoms with E-state index < -0.39 is 0 Å². The first-order valence-corrected chi connectivity index (χ1v) is 6.85. The lowest BCUT2D eigenvalue weighted by Crippen LogP contribution is -2.43. The average Bonchev–Trinajstić information content (AvgIpc) is 2.62. The molecule has 2 aliphatic heterocycles. The van der Waals surface area contributed by atoms with Crippen molar-refractivity contribution < 1.29 is 14.6 Å². The summed E-state index contributed by atoms with van der Waals surface area (Å²) in [5.74, 6) is -0.234. The molecule has 2 heterocycles. The third-order valence-corrected chi connectivity index (χ3v) is 4.41. The quantitative estimate of drug-likeness (QED) is 0.829. The van der Waals surface area contributed by atoms with Gasteiger partial charge < -0.3 is 14.7 Å². The SMILES string of the molecule is CN1[C@@H]2CC[C@@H]1CC(OC(=O)c1cccc(O)c1)C2. The van der Waals surface area contributed by atoms with Gasteiger partial charge in [-0.1, -0.05) is 6.07 Å². The van der Waals surface area contributed by atoms with Gasteiger partial charge in [-0.25, -0.2) is 4.79 Å². The van der Waals surface area contributed by atoms with Crippen molar-refractivity contribution in [1.82, 2.24) is 4.90 Å². The lowest BCUT2D eigenvalue weighted by Gasteiger charge is -2.35. The first-order valence-electron chi connectivity index (χ1n) is 6.85. The van der Waals surface area contributed by atoms with Gasteiger partial charge in [0.25, 0.3) is 0 Å². The number of carbonyl (C=O) groups excluding carboxylic acids is 1. The van der Waals surface area contributed by atoms with E-state index in [-0.39, 0.29) is 17.8 Å². The van der Waals surface area contributed by atoms with Crippen LogP contribution in [0, 0.1) is 0 Å². The third-order valence-electron chi connectivity index (χ3n) is 4.41. The number of aromatic hydroxyl groups is 1. The van der Waals surface area contributed by atoms with Gasteiger partial charge in [-0.3, -0.25) is 0 Å². The zero-order valence-corrected chi connectivity index (χ0v) is 11.1. The number of hydrogen-bond donors (Lipinski definition) is 1. The number of nitrogens with zero attached hydrogens (tertiary/aromatic N) is 1. The predicted octanol–water partition coefficient (Wildman–Crippen LogP) is 2.17. The molecule has 0 unspecified atom stereocenters. The van der Waals surface area contributed by atoms with Gasteiger partial charge in [-0.2, -0.15) is 0 Å². The molecule has 2 bridgehead atoms.